The van der Waals surface area contributed by atoms with Crippen LogP contribution in [0.5, 0.6) is 0 Å². The molecule has 112 valence electrons. The first-order chi connectivity index (χ1) is 9.18. The van der Waals surface area contributed by atoms with Crippen LogP contribution in [0.4, 0.5) is 13.2 Å². The summed E-state index contributed by atoms with van der Waals surface area (Å²) < 4.78 is 50.0. The molecule has 0 aromatic carbocycles. The Labute approximate surface area is 113 Å². The zero-order valence-corrected chi connectivity index (χ0v) is 11.1. The number of carbonyl (C=O) groups is 2. The minimum atomic E-state index is -4.61. The van der Waals surface area contributed by atoms with Crippen LogP contribution in [0.2, 0.25) is 0 Å². The molecule has 5 unspecified atom stereocenters. The Kier molecular flexibility index (Phi) is 2.66. The van der Waals surface area contributed by atoms with Crippen LogP contribution in [0.1, 0.15) is 26.7 Å². The van der Waals surface area contributed by atoms with E-state index in [1.54, 1.807) is 13.8 Å². The number of esters is 2. The van der Waals surface area contributed by atoms with E-state index in [1.807, 2.05) is 0 Å². The minimum Gasteiger partial charge on any atom is -0.458 e. The first-order valence-corrected chi connectivity index (χ1v) is 6.67. The highest BCUT2D eigenvalue weighted by Crippen LogP contribution is 2.67. The maximum absolute atomic E-state index is 13.3. The predicted molar refractivity (Wildman–Crippen MR) is 59.3 cm³/mol. The molecule has 7 heteroatoms. The summed E-state index contributed by atoms with van der Waals surface area (Å²) in [5.74, 6) is -3.39. The van der Waals surface area contributed by atoms with E-state index < -0.39 is 47.6 Å². The molecule has 1 saturated heterocycles. The second-order valence-electron chi connectivity index (χ2n) is 6.20. The maximum Gasteiger partial charge on any atom is 0.405 e. The molecule has 3 aliphatic rings. The van der Waals surface area contributed by atoms with E-state index in [0.717, 1.165) is 0 Å². The van der Waals surface area contributed by atoms with Crippen molar-refractivity contribution in [2.45, 2.75) is 45.1 Å². The third-order valence-electron chi connectivity index (χ3n) is 4.80. The number of ether oxygens (including phenoxy) is 2. The van der Waals surface area contributed by atoms with Gasteiger partial charge in [0.05, 0.1) is 5.92 Å². The predicted octanol–water partition coefficient (Wildman–Crippen LogP) is 2.07. The molecule has 5 atom stereocenters. The largest absolute Gasteiger partial charge is 0.458 e. The van der Waals surface area contributed by atoms with Crippen LogP contribution in [0.3, 0.4) is 0 Å². The molecule has 2 bridgehead atoms. The molecule has 1 aliphatic heterocycles. The molecule has 0 radical (unpaired) electrons. The highest BCUT2D eigenvalue weighted by atomic mass is 19.4. The van der Waals surface area contributed by atoms with Crippen LogP contribution >= 0.6 is 0 Å². The van der Waals surface area contributed by atoms with E-state index >= 15 is 0 Å². The second kappa shape index (κ2) is 3.89. The van der Waals surface area contributed by atoms with Crippen LogP contribution < -0.4 is 0 Å². The minimum absolute atomic E-state index is 0.228. The summed E-state index contributed by atoms with van der Waals surface area (Å²) in [4.78, 5) is 23.4. The third kappa shape index (κ3) is 1.49. The number of rotatable bonds is 2. The van der Waals surface area contributed by atoms with E-state index in [1.165, 1.54) is 0 Å². The Morgan fingerprint density at radius 1 is 1.45 bits per heavy atom. The van der Waals surface area contributed by atoms with Crippen molar-refractivity contribution < 1.29 is 32.2 Å². The van der Waals surface area contributed by atoms with E-state index in [4.69, 9.17) is 9.47 Å². The van der Waals surface area contributed by atoms with Gasteiger partial charge in [0.25, 0.3) is 0 Å². The van der Waals surface area contributed by atoms with Gasteiger partial charge in [-0.2, -0.15) is 13.2 Å². The fourth-order valence-electron chi connectivity index (χ4n) is 3.83. The lowest BCUT2D eigenvalue weighted by molar-refractivity contribution is -0.231. The molecule has 0 N–H and O–H groups in total. The van der Waals surface area contributed by atoms with Crippen molar-refractivity contribution in [1.29, 1.82) is 0 Å². The van der Waals surface area contributed by atoms with Crippen LogP contribution in [0.25, 0.3) is 0 Å². The van der Waals surface area contributed by atoms with E-state index in [-0.39, 0.29) is 18.8 Å². The molecule has 0 aromatic rings. The highest BCUT2D eigenvalue weighted by Gasteiger charge is 2.80. The molecule has 3 fully saturated rings. The Balaban J connectivity index is 1.86. The number of alkyl halides is 3. The summed E-state index contributed by atoms with van der Waals surface area (Å²) in [5, 5.41) is 0. The summed E-state index contributed by atoms with van der Waals surface area (Å²) in [6.07, 6.45) is -6.37. The molecule has 0 amide bonds. The van der Waals surface area contributed by atoms with Crippen molar-refractivity contribution in [3.05, 3.63) is 0 Å². The van der Waals surface area contributed by atoms with Gasteiger partial charge < -0.3 is 9.47 Å². The number of fused-ring (bicyclic) bond motifs is 1. The summed E-state index contributed by atoms with van der Waals surface area (Å²) in [6.45, 7) is 3.30. The van der Waals surface area contributed by atoms with E-state index in [2.05, 4.69) is 0 Å². The first-order valence-electron chi connectivity index (χ1n) is 6.67. The maximum atomic E-state index is 13.3. The lowest BCUT2D eigenvalue weighted by atomic mass is 9.73. The molecule has 3 rings (SSSR count). The summed E-state index contributed by atoms with van der Waals surface area (Å²) in [5.41, 5.74) is -2.37. The van der Waals surface area contributed by atoms with Gasteiger partial charge in [-0.05, 0) is 12.8 Å². The zero-order valence-electron chi connectivity index (χ0n) is 11.1. The fraction of sp³-hybridized carbons (Fsp3) is 0.846. The molecule has 20 heavy (non-hydrogen) atoms. The van der Waals surface area contributed by atoms with Gasteiger partial charge in [0.1, 0.15) is 12.2 Å². The lowest BCUT2D eigenvalue weighted by Crippen LogP contribution is -2.48. The highest BCUT2D eigenvalue weighted by molar-refractivity contribution is 5.82. The Bertz CT molecular complexity index is 473. The number of hydrogen-bond acceptors (Lipinski definition) is 4. The summed E-state index contributed by atoms with van der Waals surface area (Å²) in [6, 6.07) is 0. The second-order valence-corrected chi connectivity index (χ2v) is 6.20. The van der Waals surface area contributed by atoms with Crippen molar-refractivity contribution in [2.24, 2.45) is 23.2 Å². The first kappa shape index (κ1) is 13.7. The van der Waals surface area contributed by atoms with Crippen molar-refractivity contribution in [1.82, 2.24) is 0 Å². The monoisotopic (exact) mass is 292 g/mol. The van der Waals surface area contributed by atoms with Gasteiger partial charge >= 0.3 is 18.1 Å². The quantitative estimate of drug-likeness (QED) is 0.731. The molecule has 2 aliphatic carbocycles. The molecular weight excluding hydrogens is 277 g/mol. The normalized spacial score (nSPS) is 42.2. The SMILES string of the molecule is CC(C)C(=O)OC1C2CC3C1OC(=O)C3(C(F)(F)F)C2. The molecular formula is C13H15F3O4. The van der Waals surface area contributed by atoms with Crippen molar-refractivity contribution in [2.75, 3.05) is 0 Å². The third-order valence-corrected chi connectivity index (χ3v) is 4.80. The van der Waals surface area contributed by atoms with E-state index in [9.17, 15) is 22.8 Å². The van der Waals surface area contributed by atoms with Crippen LogP contribution in [0.15, 0.2) is 0 Å². The van der Waals surface area contributed by atoms with Gasteiger partial charge in [0, 0.05) is 11.8 Å². The summed E-state index contributed by atoms with van der Waals surface area (Å²) in [7, 11) is 0. The van der Waals surface area contributed by atoms with Gasteiger partial charge in [-0.25, -0.2) is 0 Å². The van der Waals surface area contributed by atoms with Gasteiger partial charge in [-0.3, -0.25) is 9.59 Å². The van der Waals surface area contributed by atoms with Crippen molar-refractivity contribution in [3.63, 3.8) is 0 Å². The van der Waals surface area contributed by atoms with Crippen LogP contribution in [-0.2, 0) is 19.1 Å². The Morgan fingerprint density at radius 3 is 2.65 bits per heavy atom. The zero-order chi connectivity index (χ0) is 14.9. The molecule has 2 saturated carbocycles. The standard InChI is InChI=1S/C13H15F3O4/c1-5(2)10(17)19-8-6-3-7-9(8)20-11(18)12(7,4-6)13(14,15)16/h5-9H,3-4H2,1-2H3. The fourth-order valence-corrected chi connectivity index (χ4v) is 3.83. The molecule has 0 spiro atoms. The Morgan fingerprint density at radius 2 is 2.10 bits per heavy atom. The van der Waals surface area contributed by atoms with E-state index in [0.29, 0.717) is 0 Å². The molecule has 4 nitrogen and oxygen atoms in total. The van der Waals surface area contributed by atoms with Crippen LogP contribution in [0, 0.1) is 23.2 Å². The summed E-state index contributed by atoms with van der Waals surface area (Å²) >= 11 is 0. The smallest absolute Gasteiger partial charge is 0.405 e. The number of halogens is 3. The average molecular weight is 292 g/mol. The topological polar surface area (TPSA) is 52.6 Å². The van der Waals surface area contributed by atoms with Gasteiger partial charge in [0.2, 0.25) is 0 Å². The van der Waals surface area contributed by atoms with Crippen molar-refractivity contribution >= 4 is 11.9 Å². The average Bonchev–Trinajstić information content (AvgIpc) is 2.89. The number of hydrogen-bond donors (Lipinski definition) is 0. The van der Waals surface area contributed by atoms with Gasteiger partial charge in [-0.15, -0.1) is 0 Å². The lowest BCUT2D eigenvalue weighted by Gasteiger charge is -2.33. The van der Waals surface area contributed by atoms with Gasteiger partial charge in [0.15, 0.2) is 5.41 Å². The Hall–Kier alpha value is -1.27. The van der Waals surface area contributed by atoms with Gasteiger partial charge in [-0.1, -0.05) is 13.8 Å². The molecule has 0 aromatic heterocycles. The molecule has 1 heterocycles. The number of carbonyl (C=O) groups excluding carboxylic acids is 2. The van der Waals surface area contributed by atoms with Crippen molar-refractivity contribution in [3.8, 4) is 0 Å². The van der Waals surface area contributed by atoms with Crippen LogP contribution in [-0.4, -0.2) is 30.3 Å².